The van der Waals surface area contributed by atoms with Gasteiger partial charge in [-0.3, -0.25) is 14.5 Å². The summed E-state index contributed by atoms with van der Waals surface area (Å²) in [6.45, 7) is 7.14. The van der Waals surface area contributed by atoms with Crippen LogP contribution in [0.25, 0.3) is 0 Å². The van der Waals surface area contributed by atoms with Crippen LogP contribution in [0.2, 0.25) is 0 Å². The molecule has 0 radical (unpaired) electrons. The first kappa shape index (κ1) is 14.5. The van der Waals surface area contributed by atoms with Crippen LogP contribution in [-0.2, 0) is 9.59 Å². The number of rotatable bonds is 2. The second-order valence-electron chi connectivity index (χ2n) is 5.60. The van der Waals surface area contributed by atoms with E-state index in [1.165, 1.54) is 17.0 Å². The Balaban J connectivity index is 2.45. The van der Waals surface area contributed by atoms with E-state index in [1.54, 1.807) is 19.9 Å². The van der Waals surface area contributed by atoms with Crippen molar-refractivity contribution < 1.29 is 14.0 Å². The topological polar surface area (TPSA) is 49.4 Å². The van der Waals surface area contributed by atoms with Gasteiger partial charge in [-0.15, -0.1) is 0 Å². The Labute approximate surface area is 118 Å². The van der Waals surface area contributed by atoms with Gasteiger partial charge < -0.3 is 5.32 Å². The molecule has 2 atom stereocenters. The number of carbonyl (C=O) groups is 2. The number of hydrogen-bond acceptors (Lipinski definition) is 2. The molecule has 0 aliphatic carbocycles. The smallest absolute Gasteiger partial charge is 0.250 e. The number of piperazine rings is 1. The van der Waals surface area contributed by atoms with Crippen LogP contribution in [0, 0.1) is 18.7 Å². The molecule has 20 heavy (non-hydrogen) atoms. The van der Waals surface area contributed by atoms with E-state index in [-0.39, 0.29) is 17.7 Å². The van der Waals surface area contributed by atoms with E-state index < -0.39 is 17.9 Å². The van der Waals surface area contributed by atoms with Gasteiger partial charge in [0, 0.05) is 5.69 Å². The first-order valence-electron chi connectivity index (χ1n) is 6.72. The highest BCUT2D eigenvalue weighted by Gasteiger charge is 2.40. The Morgan fingerprint density at radius 3 is 2.45 bits per heavy atom. The van der Waals surface area contributed by atoms with E-state index >= 15 is 0 Å². The fourth-order valence-electron chi connectivity index (χ4n) is 2.45. The summed E-state index contributed by atoms with van der Waals surface area (Å²) < 4.78 is 13.6. The molecule has 1 heterocycles. The zero-order valence-corrected chi connectivity index (χ0v) is 12.1. The molecule has 1 saturated heterocycles. The Hall–Kier alpha value is -1.91. The largest absolute Gasteiger partial charge is 0.342 e. The molecule has 108 valence electrons. The maximum absolute atomic E-state index is 13.6. The SMILES string of the molecule is Cc1cc(F)cc(N2C(=O)C(C(C)C)NC(=O)C2C)c1. The molecule has 1 N–H and O–H groups in total. The van der Waals surface area contributed by atoms with Crippen LogP contribution in [0.1, 0.15) is 26.3 Å². The maximum Gasteiger partial charge on any atom is 0.250 e. The number of benzene rings is 1. The van der Waals surface area contributed by atoms with Crippen molar-refractivity contribution in [3.8, 4) is 0 Å². The van der Waals surface area contributed by atoms with Crippen molar-refractivity contribution in [2.24, 2.45) is 5.92 Å². The lowest BCUT2D eigenvalue weighted by atomic mass is 9.97. The first-order valence-corrected chi connectivity index (χ1v) is 6.72. The van der Waals surface area contributed by atoms with E-state index in [9.17, 15) is 14.0 Å². The second kappa shape index (κ2) is 5.23. The van der Waals surface area contributed by atoms with Crippen molar-refractivity contribution in [2.45, 2.75) is 39.8 Å². The molecule has 1 aliphatic rings. The number of amides is 2. The van der Waals surface area contributed by atoms with E-state index in [2.05, 4.69) is 5.32 Å². The number of halogens is 1. The molecule has 2 amide bonds. The molecule has 0 saturated carbocycles. The predicted molar refractivity (Wildman–Crippen MR) is 74.9 cm³/mol. The Morgan fingerprint density at radius 2 is 1.90 bits per heavy atom. The van der Waals surface area contributed by atoms with Crippen LogP contribution in [-0.4, -0.2) is 23.9 Å². The highest BCUT2D eigenvalue weighted by molar-refractivity contribution is 6.08. The normalized spacial score (nSPS) is 23.2. The molecule has 1 aromatic carbocycles. The monoisotopic (exact) mass is 278 g/mol. The van der Waals surface area contributed by atoms with E-state index in [0.29, 0.717) is 11.3 Å². The summed E-state index contributed by atoms with van der Waals surface area (Å²) in [5.41, 5.74) is 1.15. The number of nitrogens with zero attached hydrogens (tertiary/aromatic N) is 1. The summed E-state index contributed by atoms with van der Waals surface area (Å²) in [5, 5.41) is 2.72. The lowest BCUT2D eigenvalue weighted by molar-refractivity contribution is -0.134. The fraction of sp³-hybridized carbons (Fsp3) is 0.467. The van der Waals surface area contributed by atoms with Crippen molar-refractivity contribution >= 4 is 17.5 Å². The van der Waals surface area contributed by atoms with Crippen molar-refractivity contribution in [3.05, 3.63) is 29.6 Å². The summed E-state index contributed by atoms with van der Waals surface area (Å²) in [7, 11) is 0. The number of carbonyl (C=O) groups excluding carboxylic acids is 2. The number of anilines is 1. The quantitative estimate of drug-likeness (QED) is 0.899. The highest BCUT2D eigenvalue weighted by atomic mass is 19.1. The van der Waals surface area contributed by atoms with Crippen LogP contribution >= 0.6 is 0 Å². The number of hydrogen-bond donors (Lipinski definition) is 1. The molecule has 0 bridgehead atoms. The van der Waals surface area contributed by atoms with Gasteiger partial charge in [0.1, 0.15) is 17.9 Å². The Kier molecular flexibility index (Phi) is 3.79. The predicted octanol–water partition coefficient (Wildman–Crippen LogP) is 2.01. The molecule has 1 aliphatic heterocycles. The molecule has 4 nitrogen and oxygen atoms in total. The van der Waals surface area contributed by atoms with Crippen LogP contribution in [0.3, 0.4) is 0 Å². The maximum atomic E-state index is 13.6. The van der Waals surface area contributed by atoms with E-state index in [1.807, 2.05) is 13.8 Å². The van der Waals surface area contributed by atoms with Gasteiger partial charge in [0.25, 0.3) is 5.91 Å². The molecule has 1 aromatic rings. The Bertz CT molecular complexity index is 537. The average molecular weight is 278 g/mol. The van der Waals surface area contributed by atoms with Gasteiger partial charge in [-0.05, 0) is 43.5 Å². The van der Waals surface area contributed by atoms with Crippen LogP contribution in [0.15, 0.2) is 18.2 Å². The van der Waals surface area contributed by atoms with E-state index in [0.717, 1.165) is 0 Å². The third kappa shape index (κ3) is 2.53. The molecular formula is C15H19FN2O2. The summed E-state index contributed by atoms with van der Waals surface area (Å²) in [6.07, 6.45) is 0. The zero-order valence-electron chi connectivity index (χ0n) is 12.1. The van der Waals surface area contributed by atoms with Crippen molar-refractivity contribution in [3.63, 3.8) is 0 Å². The van der Waals surface area contributed by atoms with Crippen LogP contribution in [0.5, 0.6) is 0 Å². The van der Waals surface area contributed by atoms with Gasteiger partial charge in [0.2, 0.25) is 5.91 Å². The lowest BCUT2D eigenvalue weighted by Gasteiger charge is -2.38. The molecule has 5 heteroatoms. The third-order valence-corrected chi connectivity index (χ3v) is 3.54. The van der Waals surface area contributed by atoms with Gasteiger partial charge in [-0.2, -0.15) is 0 Å². The van der Waals surface area contributed by atoms with Gasteiger partial charge in [0.05, 0.1) is 0 Å². The Morgan fingerprint density at radius 1 is 1.25 bits per heavy atom. The summed E-state index contributed by atoms with van der Waals surface area (Å²) in [4.78, 5) is 25.9. The second-order valence-corrected chi connectivity index (χ2v) is 5.60. The fourth-order valence-corrected chi connectivity index (χ4v) is 2.45. The standard InChI is InChI=1S/C15H19FN2O2/c1-8(2)13-15(20)18(10(4)14(19)17-13)12-6-9(3)5-11(16)7-12/h5-8,10,13H,1-4H3,(H,17,19). The number of nitrogens with one attached hydrogen (secondary N) is 1. The van der Waals surface area contributed by atoms with Crippen molar-refractivity contribution in [1.82, 2.24) is 5.32 Å². The molecule has 1 fully saturated rings. The summed E-state index contributed by atoms with van der Waals surface area (Å²) >= 11 is 0. The highest BCUT2D eigenvalue weighted by Crippen LogP contribution is 2.25. The minimum absolute atomic E-state index is 0.0175. The lowest BCUT2D eigenvalue weighted by Crippen LogP contribution is -2.64. The molecular weight excluding hydrogens is 259 g/mol. The van der Waals surface area contributed by atoms with Gasteiger partial charge >= 0.3 is 0 Å². The van der Waals surface area contributed by atoms with E-state index in [4.69, 9.17) is 0 Å². The third-order valence-electron chi connectivity index (χ3n) is 3.54. The minimum atomic E-state index is -0.640. The first-order chi connectivity index (χ1) is 9.31. The minimum Gasteiger partial charge on any atom is -0.342 e. The summed E-state index contributed by atoms with van der Waals surface area (Å²) in [6, 6.07) is 3.19. The van der Waals surface area contributed by atoms with Crippen molar-refractivity contribution in [1.29, 1.82) is 0 Å². The van der Waals surface area contributed by atoms with Crippen LogP contribution in [0.4, 0.5) is 10.1 Å². The van der Waals surface area contributed by atoms with Crippen molar-refractivity contribution in [2.75, 3.05) is 4.90 Å². The molecule has 2 unspecified atom stereocenters. The molecule has 0 spiro atoms. The summed E-state index contributed by atoms with van der Waals surface area (Å²) in [5.74, 6) is -0.842. The molecule has 0 aromatic heterocycles. The number of aryl methyl sites for hydroxylation is 1. The van der Waals surface area contributed by atoms with Gasteiger partial charge in [-0.1, -0.05) is 13.8 Å². The van der Waals surface area contributed by atoms with Gasteiger partial charge in [0.15, 0.2) is 0 Å². The van der Waals surface area contributed by atoms with Crippen LogP contribution < -0.4 is 10.2 Å². The average Bonchev–Trinajstić information content (AvgIpc) is 2.32. The molecule has 2 rings (SSSR count). The van der Waals surface area contributed by atoms with Gasteiger partial charge in [-0.25, -0.2) is 4.39 Å². The zero-order chi connectivity index (χ0) is 15.0.